The third-order valence-corrected chi connectivity index (χ3v) is 31.6. The van der Waals surface area contributed by atoms with Gasteiger partial charge in [-0.15, -0.1) is 0 Å². The molecule has 10 fully saturated rings. The number of amides is 5. The van der Waals surface area contributed by atoms with E-state index in [9.17, 15) is 24.0 Å². The van der Waals surface area contributed by atoms with Crippen molar-refractivity contribution in [2.75, 3.05) is 98.2 Å². The van der Waals surface area contributed by atoms with E-state index in [0.717, 1.165) is 159 Å². The van der Waals surface area contributed by atoms with E-state index in [1.54, 1.807) is 0 Å². The lowest BCUT2D eigenvalue weighted by Gasteiger charge is -2.40. The van der Waals surface area contributed by atoms with Gasteiger partial charge < -0.3 is 24.5 Å². The smallest absolute Gasteiger partial charge is 0.222 e. The third-order valence-electron chi connectivity index (χ3n) is 30.6. The quantitative estimate of drug-likeness (QED) is 0.0649. The highest BCUT2D eigenvalue weighted by molar-refractivity contribution is 6.42. The molecule has 15 nitrogen and oxygen atoms in total. The molecular weight excluding hydrogens is 1730 g/mol. The van der Waals surface area contributed by atoms with E-state index in [2.05, 4.69) is 276 Å². The van der Waals surface area contributed by atoms with Crippen LogP contribution in [0.25, 0.3) is 38.6 Å². The van der Waals surface area contributed by atoms with Gasteiger partial charge in [0, 0.05) is 201 Å². The van der Waals surface area contributed by atoms with Gasteiger partial charge in [0.2, 0.25) is 29.5 Å². The second-order valence-electron chi connectivity index (χ2n) is 38.9. The fraction of sp³-hybridized carbons (Fsp3) is 0.479. The molecule has 10 bridgehead atoms. The Morgan fingerprint density at radius 3 is 0.985 bits per heavy atom. The Kier molecular flexibility index (Phi) is 38.3. The number of carbonyl (C=O) groups is 5. The number of fused-ring (bicyclic) bond motifs is 11. The van der Waals surface area contributed by atoms with Crippen LogP contribution in [0.3, 0.4) is 0 Å². The lowest BCUT2D eigenvalue weighted by atomic mass is 9.93. The van der Waals surface area contributed by atoms with Gasteiger partial charge in [0.15, 0.2) is 0 Å². The molecule has 0 spiro atoms. The molecule has 10 unspecified atom stereocenters. The molecule has 10 aliphatic rings. The van der Waals surface area contributed by atoms with E-state index >= 15 is 0 Å². The van der Waals surface area contributed by atoms with Crippen LogP contribution >= 0.6 is 34.8 Å². The predicted molar refractivity (Wildman–Crippen MR) is 562 cm³/mol. The Morgan fingerprint density at radius 1 is 0.274 bits per heavy atom. The third kappa shape index (κ3) is 27.0. The Morgan fingerprint density at radius 2 is 0.593 bits per heavy atom. The first-order valence-electron chi connectivity index (χ1n) is 51.3. The maximum Gasteiger partial charge on any atom is 0.222 e. The van der Waals surface area contributed by atoms with Crippen LogP contribution in [0.4, 0.5) is 0 Å². The highest BCUT2D eigenvalue weighted by atomic mass is 35.5. The molecule has 0 aromatic heterocycles. The van der Waals surface area contributed by atoms with Gasteiger partial charge >= 0.3 is 0 Å². The number of likely N-dealkylation sites (tertiary alicyclic amines) is 2. The minimum atomic E-state index is 0.292. The summed E-state index contributed by atoms with van der Waals surface area (Å²) >= 11 is 18.6. The summed E-state index contributed by atoms with van der Waals surface area (Å²) in [6, 6.07) is 76.5. The van der Waals surface area contributed by atoms with E-state index in [1.165, 1.54) is 137 Å². The molecule has 8 aromatic carbocycles. The zero-order chi connectivity index (χ0) is 94.7. The SMILES string of the molecule is CCC(=O)N1C2CCC1CN(C/C=C(\C)c1ccc(Cl)c3ccccc13)CC2.CCC(=O)N1C2CCC1CN(CC=C(c1ccccc1)c1ccccc1)CC2.CCC(=O)N1CCC2CCCC(C1)N2C/C=C(\C)c1ccc(Cl)c(Cl)c1.CCC(=O)N1CCC2CCCC(C1)N2C/C=C(\C)c1ccccc1.CCC(=O)N1CCC2CCCC(C1)N2CC=C(c1ccccc1)c1ccccc1. The average Bonchev–Trinajstić information content (AvgIpc) is 1.65. The van der Waals surface area contributed by atoms with Crippen molar-refractivity contribution in [2.45, 2.75) is 263 Å². The molecule has 18 rings (SSSR count). The highest BCUT2D eigenvalue weighted by Crippen LogP contribution is 2.39. The monoisotopic (exact) mass is 1880 g/mol. The van der Waals surface area contributed by atoms with E-state index in [-0.39, 0.29) is 0 Å². The van der Waals surface area contributed by atoms with Gasteiger partial charge in [0.05, 0.1) is 10.0 Å². The maximum atomic E-state index is 12.4. The number of rotatable bonds is 22. The molecule has 0 saturated carbocycles. The molecule has 0 aliphatic carbocycles. The minimum absolute atomic E-state index is 0.292. The number of allylic oxidation sites excluding steroid dienone is 3. The van der Waals surface area contributed by atoms with Crippen LogP contribution in [0.2, 0.25) is 15.1 Å². The zero-order valence-electron chi connectivity index (χ0n) is 81.8. The van der Waals surface area contributed by atoms with Crippen LogP contribution in [0.15, 0.2) is 237 Å². The van der Waals surface area contributed by atoms with Crippen molar-refractivity contribution in [1.29, 1.82) is 0 Å². The first kappa shape index (κ1) is 102. The fourth-order valence-corrected chi connectivity index (χ4v) is 23.5. The van der Waals surface area contributed by atoms with Crippen LogP contribution in [0.5, 0.6) is 0 Å². The Bertz CT molecular complexity index is 5260. The van der Waals surface area contributed by atoms with Crippen molar-refractivity contribution in [1.82, 2.24) is 49.0 Å². The Balaban J connectivity index is 0.000000135. The van der Waals surface area contributed by atoms with E-state index in [4.69, 9.17) is 34.8 Å². The second kappa shape index (κ2) is 50.9. The number of benzene rings is 8. The molecule has 8 aromatic rings. The van der Waals surface area contributed by atoms with Gasteiger partial charge in [0.25, 0.3) is 0 Å². The lowest BCUT2D eigenvalue weighted by molar-refractivity contribution is -0.134. The van der Waals surface area contributed by atoms with Crippen LogP contribution in [0.1, 0.15) is 242 Å². The highest BCUT2D eigenvalue weighted by Gasteiger charge is 2.43. The Hall–Kier alpha value is -9.26. The molecular formula is C117H149Cl3N10O5. The zero-order valence-corrected chi connectivity index (χ0v) is 84.1. The predicted octanol–water partition coefficient (Wildman–Crippen LogP) is 24.2. The molecule has 10 aliphatic heterocycles. The largest absolute Gasteiger partial charge is 0.341 e. The molecule has 0 N–H and O–H groups in total. The number of hydrogen-bond donors (Lipinski definition) is 0. The van der Waals surface area contributed by atoms with Crippen molar-refractivity contribution in [3.63, 3.8) is 0 Å². The number of hydrogen-bond acceptors (Lipinski definition) is 10. The molecule has 718 valence electrons. The van der Waals surface area contributed by atoms with Crippen molar-refractivity contribution >= 4 is 103 Å². The number of halogens is 3. The van der Waals surface area contributed by atoms with Crippen LogP contribution in [0, 0.1) is 0 Å². The summed E-state index contributed by atoms with van der Waals surface area (Å²) in [5, 5.41) is 4.30. The Labute approximate surface area is 822 Å². The van der Waals surface area contributed by atoms with Gasteiger partial charge in [-0.25, -0.2) is 0 Å². The summed E-state index contributed by atoms with van der Waals surface area (Å²) in [5.41, 5.74) is 15.1. The summed E-state index contributed by atoms with van der Waals surface area (Å²) < 4.78 is 0. The van der Waals surface area contributed by atoms with Gasteiger partial charge in [0.1, 0.15) is 0 Å². The van der Waals surface area contributed by atoms with Crippen molar-refractivity contribution in [3.05, 3.63) is 291 Å². The van der Waals surface area contributed by atoms with Crippen LogP contribution in [-0.4, -0.2) is 237 Å². The standard InChI is InChI=1S/C26H32N2O.C25H30N2O.C24H29ClN2O.C21H28Cl2N2O.C21H30N2O/c1-2-26(29)27-18-16-23-14-9-15-24(20-27)28(23)19-17-25(21-10-5-3-6-11-21)22-12-7-4-8-13-22;1-2-25(28)27-22-13-14-23(27)19-26(17-15-22)18-16-24(20-9-5-3-6-10-20)21-11-7-4-8-12-21;1-3-24(28)27-18-8-9-19(27)16-26(15-13-18)14-12-17(2)20-10-11-23(25)22-7-5-4-6-21(20)22;1-3-21(26)24-11-10-17-5-4-6-18(14-24)25(17)12-9-15(2)16-7-8-19(22)20(23)13-16;1-3-21(24)22-14-13-19-10-7-11-20(16-22)23(19)15-12-17(2)18-8-5-4-6-9-18/h3-8,10-13,17,23-24H,2,9,14-16,18-20H2,1H3;3-12,16,22-23H,2,13-15,17-19H2,1H3;4-7,10-12,18-19H,3,8-9,13-16H2,1-2H3;7-9,13,17-18H,3-6,10-12,14H2,1-2H3;4-6,8-9,12,19-20H,3,7,10-11,13-16H2,1-2H3/b;;17-12+;15-9+;17-12+. The van der Waals surface area contributed by atoms with E-state index in [1.807, 2.05) is 65.0 Å². The number of nitrogens with zero attached hydrogens (tertiary/aromatic N) is 10. The summed E-state index contributed by atoms with van der Waals surface area (Å²) in [4.78, 5) is 85.2. The van der Waals surface area contributed by atoms with E-state index < -0.39 is 0 Å². The van der Waals surface area contributed by atoms with Gasteiger partial charge in [-0.2, -0.15) is 0 Å². The maximum absolute atomic E-state index is 12.4. The summed E-state index contributed by atoms with van der Waals surface area (Å²) in [6.45, 7) is 30.7. The first-order valence-corrected chi connectivity index (χ1v) is 52.4. The van der Waals surface area contributed by atoms with Crippen LogP contribution in [-0.2, 0) is 24.0 Å². The number of carbonyl (C=O) groups excluding carboxylic acids is 5. The van der Waals surface area contributed by atoms with Crippen LogP contribution < -0.4 is 0 Å². The van der Waals surface area contributed by atoms with Gasteiger partial charge in [-0.3, -0.25) is 48.5 Å². The summed E-state index contributed by atoms with van der Waals surface area (Å²) in [7, 11) is 0. The van der Waals surface area contributed by atoms with Gasteiger partial charge in [-0.05, 0) is 207 Å². The normalized spacial score (nSPS) is 23.3. The van der Waals surface area contributed by atoms with Crippen molar-refractivity contribution in [2.24, 2.45) is 0 Å². The summed E-state index contributed by atoms with van der Waals surface area (Å²) in [5.74, 6) is 1.58. The first-order chi connectivity index (χ1) is 65.8. The van der Waals surface area contributed by atoms with Crippen molar-refractivity contribution < 1.29 is 24.0 Å². The topological polar surface area (TPSA) is 118 Å². The lowest BCUT2D eigenvalue weighted by Crippen LogP contribution is -2.48. The van der Waals surface area contributed by atoms with Gasteiger partial charge in [-0.1, -0.05) is 307 Å². The minimum Gasteiger partial charge on any atom is -0.341 e. The molecule has 18 heteroatoms. The molecule has 10 heterocycles. The second-order valence-corrected chi connectivity index (χ2v) is 40.1. The molecule has 10 atom stereocenters. The fourth-order valence-electron chi connectivity index (χ4n) is 23.0. The molecule has 135 heavy (non-hydrogen) atoms. The number of piperidine rings is 3. The molecule has 10 saturated heterocycles. The molecule has 0 radical (unpaired) electrons. The summed E-state index contributed by atoms with van der Waals surface area (Å²) in [6.07, 6.45) is 36.3. The van der Waals surface area contributed by atoms with E-state index in [0.29, 0.717) is 132 Å². The average molecular weight is 1880 g/mol. The molecule has 5 amide bonds. The van der Waals surface area contributed by atoms with Crippen molar-refractivity contribution in [3.8, 4) is 0 Å².